The number of aromatic nitrogens is 1. The summed E-state index contributed by atoms with van der Waals surface area (Å²) in [6, 6.07) is 0. The van der Waals surface area contributed by atoms with E-state index in [1.54, 1.807) is 13.8 Å². The third kappa shape index (κ3) is 2.66. The van der Waals surface area contributed by atoms with Gasteiger partial charge in [-0.15, -0.1) is 0 Å². The molecule has 0 atom stereocenters. The van der Waals surface area contributed by atoms with Crippen molar-refractivity contribution >= 4 is 11.9 Å². The molecule has 0 unspecified atom stereocenters. The van der Waals surface area contributed by atoms with Crippen LogP contribution in [0.15, 0.2) is 4.52 Å². The second-order valence-corrected chi connectivity index (χ2v) is 7.87. The molecule has 0 N–H and O–H groups in total. The fraction of sp³-hybridized carbons (Fsp3) is 0.737. The maximum atomic E-state index is 12.6. The van der Waals surface area contributed by atoms with Gasteiger partial charge >= 0.3 is 11.9 Å². The fourth-order valence-electron chi connectivity index (χ4n) is 5.78. The van der Waals surface area contributed by atoms with E-state index in [2.05, 4.69) is 5.16 Å². The predicted octanol–water partition coefficient (Wildman–Crippen LogP) is 3.50. The normalized spacial score (nSPS) is 32.6. The molecule has 0 saturated heterocycles. The summed E-state index contributed by atoms with van der Waals surface area (Å²) in [4.78, 5) is 24.9. The smallest absolute Gasteiger partial charge is 0.378 e. The Bertz CT molecular complexity index is 657. The van der Waals surface area contributed by atoms with Gasteiger partial charge in [-0.3, -0.25) is 0 Å². The van der Waals surface area contributed by atoms with Crippen LogP contribution < -0.4 is 0 Å². The number of hydrogen-bond donors (Lipinski definition) is 0. The summed E-state index contributed by atoms with van der Waals surface area (Å²) in [6.45, 7) is 3.93. The first-order valence-electron chi connectivity index (χ1n) is 9.40. The molecular formula is C19H25NO5. The second kappa shape index (κ2) is 6.15. The molecule has 25 heavy (non-hydrogen) atoms. The molecule has 4 aliphatic rings. The molecule has 4 fully saturated rings. The maximum Gasteiger partial charge on any atom is 0.378 e. The van der Waals surface area contributed by atoms with Crippen molar-refractivity contribution in [2.24, 2.45) is 17.8 Å². The van der Waals surface area contributed by atoms with Crippen LogP contribution in [-0.2, 0) is 14.9 Å². The van der Waals surface area contributed by atoms with E-state index in [0.717, 1.165) is 19.3 Å². The average Bonchev–Trinajstić information content (AvgIpc) is 3.00. The highest BCUT2D eigenvalue weighted by atomic mass is 16.6. The number of carbonyl (C=O) groups excluding carboxylic acids is 2. The SMILES string of the molecule is CCOC(=O)c1onc(C23CC4CC(CC(C4)C2)C3)c1C(=O)OCC. The molecule has 4 bridgehead atoms. The van der Waals surface area contributed by atoms with Crippen LogP contribution in [0.4, 0.5) is 0 Å². The van der Waals surface area contributed by atoms with E-state index in [9.17, 15) is 9.59 Å². The van der Waals surface area contributed by atoms with Gasteiger partial charge in [0.25, 0.3) is 5.76 Å². The third-order valence-electron chi connectivity index (χ3n) is 6.17. The molecule has 4 aliphatic carbocycles. The number of nitrogens with zero attached hydrogens (tertiary/aromatic N) is 1. The van der Waals surface area contributed by atoms with Crippen molar-refractivity contribution in [3.63, 3.8) is 0 Å². The van der Waals surface area contributed by atoms with Crippen molar-refractivity contribution in [3.05, 3.63) is 17.0 Å². The van der Waals surface area contributed by atoms with Crippen molar-refractivity contribution in [1.29, 1.82) is 0 Å². The molecule has 0 aliphatic heterocycles. The van der Waals surface area contributed by atoms with Crippen molar-refractivity contribution in [2.45, 2.75) is 57.8 Å². The summed E-state index contributed by atoms with van der Waals surface area (Å²) in [6.07, 6.45) is 6.95. The minimum atomic E-state index is -0.644. The molecule has 0 radical (unpaired) electrons. The molecular weight excluding hydrogens is 322 g/mol. The van der Waals surface area contributed by atoms with Gasteiger partial charge in [0, 0.05) is 5.41 Å². The minimum absolute atomic E-state index is 0.106. The van der Waals surface area contributed by atoms with Gasteiger partial charge in [-0.25, -0.2) is 9.59 Å². The van der Waals surface area contributed by atoms with Gasteiger partial charge in [-0.2, -0.15) is 0 Å². The van der Waals surface area contributed by atoms with Gasteiger partial charge in [0.1, 0.15) is 11.3 Å². The quantitative estimate of drug-likeness (QED) is 0.759. The van der Waals surface area contributed by atoms with Crippen LogP contribution in [0.2, 0.25) is 0 Å². The van der Waals surface area contributed by atoms with Crippen LogP contribution in [0.5, 0.6) is 0 Å². The van der Waals surface area contributed by atoms with E-state index in [1.165, 1.54) is 19.3 Å². The first-order valence-corrected chi connectivity index (χ1v) is 9.40. The number of rotatable bonds is 5. The molecule has 0 spiro atoms. The molecule has 1 heterocycles. The van der Waals surface area contributed by atoms with Gasteiger partial charge in [0.05, 0.1) is 13.2 Å². The van der Waals surface area contributed by atoms with E-state index in [4.69, 9.17) is 14.0 Å². The Morgan fingerprint density at radius 2 is 1.52 bits per heavy atom. The summed E-state index contributed by atoms with van der Waals surface area (Å²) in [5, 5.41) is 4.24. The Labute approximate surface area is 147 Å². The topological polar surface area (TPSA) is 78.6 Å². The Kier molecular flexibility index (Phi) is 4.08. The minimum Gasteiger partial charge on any atom is -0.462 e. The number of ether oxygens (including phenoxy) is 2. The predicted molar refractivity (Wildman–Crippen MR) is 88.3 cm³/mol. The average molecular weight is 347 g/mol. The largest absolute Gasteiger partial charge is 0.462 e. The molecule has 136 valence electrons. The third-order valence-corrected chi connectivity index (χ3v) is 6.17. The van der Waals surface area contributed by atoms with Gasteiger partial charge in [0.15, 0.2) is 0 Å². The van der Waals surface area contributed by atoms with Crippen LogP contribution in [-0.4, -0.2) is 30.3 Å². The zero-order valence-electron chi connectivity index (χ0n) is 14.9. The van der Waals surface area contributed by atoms with Crippen LogP contribution >= 0.6 is 0 Å². The van der Waals surface area contributed by atoms with E-state index in [0.29, 0.717) is 23.4 Å². The van der Waals surface area contributed by atoms with E-state index >= 15 is 0 Å². The highest BCUT2D eigenvalue weighted by molar-refractivity contribution is 6.02. The molecule has 1 aromatic rings. The lowest BCUT2D eigenvalue weighted by molar-refractivity contribution is -0.00922. The van der Waals surface area contributed by atoms with Crippen LogP contribution in [0.25, 0.3) is 0 Å². The molecule has 0 amide bonds. The highest BCUT2D eigenvalue weighted by Crippen LogP contribution is 2.61. The van der Waals surface area contributed by atoms with Crippen LogP contribution in [0.1, 0.15) is 79.0 Å². The van der Waals surface area contributed by atoms with Gasteiger partial charge in [-0.05, 0) is 70.1 Å². The second-order valence-electron chi connectivity index (χ2n) is 7.87. The zero-order valence-corrected chi connectivity index (χ0v) is 14.9. The Balaban J connectivity index is 1.76. The Morgan fingerprint density at radius 1 is 1.00 bits per heavy atom. The van der Waals surface area contributed by atoms with Gasteiger partial charge in [0.2, 0.25) is 0 Å². The van der Waals surface area contributed by atoms with Crippen molar-refractivity contribution < 1.29 is 23.6 Å². The molecule has 1 aromatic heterocycles. The summed E-state index contributed by atoms with van der Waals surface area (Å²) in [5.41, 5.74) is 0.681. The van der Waals surface area contributed by atoms with E-state index in [1.807, 2.05) is 0 Å². The number of hydrogen-bond acceptors (Lipinski definition) is 6. The van der Waals surface area contributed by atoms with Crippen LogP contribution in [0.3, 0.4) is 0 Å². The van der Waals surface area contributed by atoms with E-state index < -0.39 is 11.9 Å². The molecule has 6 nitrogen and oxygen atoms in total. The zero-order chi connectivity index (χ0) is 17.6. The molecule has 0 aromatic carbocycles. The lowest BCUT2D eigenvalue weighted by Crippen LogP contribution is -2.49. The molecule has 4 saturated carbocycles. The Morgan fingerprint density at radius 3 is 2.04 bits per heavy atom. The number of carbonyl (C=O) groups is 2. The van der Waals surface area contributed by atoms with Crippen molar-refractivity contribution in [2.75, 3.05) is 13.2 Å². The van der Waals surface area contributed by atoms with Gasteiger partial charge < -0.3 is 14.0 Å². The lowest BCUT2D eigenvalue weighted by atomic mass is 9.48. The lowest BCUT2D eigenvalue weighted by Gasteiger charge is -2.56. The number of esters is 2. The van der Waals surface area contributed by atoms with Crippen LogP contribution in [0, 0.1) is 17.8 Å². The molecule has 5 rings (SSSR count). The first kappa shape index (κ1) is 16.6. The highest BCUT2D eigenvalue weighted by Gasteiger charge is 2.55. The van der Waals surface area contributed by atoms with E-state index in [-0.39, 0.29) is 30.0 Å². The molecule has 6 heteroatoms. The summed E-state index contributed by atoms with van der Waals surface area (Å²) in [7, 11) is 0. The fourth-order valence-corrected chi connectivity index (χ4v) is 5.78. The van der Waals surface area contributed by atoms with Crippen molar-refractivity contribution in [1.82, 2.24) is 5.16 Å². The van der Waals surface area contributed by atoms with Crippen molar-refractivity contribution in [3.8, 4) is 0 Å². The Hall–Kier alpha value is -1.85. The summed E-state index contributed by atoms with van der Waals surface area (Å²) >= 11 is 0. The summed E-state index contributed by atoms with van der Waals surface area (Å²) < 4.78 is 15.6. The standard InChI is InChI=1S/C19H25NO5/c1-3-23-17(21)14-15(18(22)24-4-2)25-20-16(14)19-8-11-5-12(9-19)7-13(6-11)10-19/h11-13H,3-10H2,1-2H3. The monoisotopic (exact) mass is 347 g/mol. The maximum absolute atomic E-state index is 12.6. The van der Waals surface area contributed by atoms with Gasteiger partial charge in [-0.1, -0.05) is 5.16 Å². The first-order chi connectivity index (χ1) is 12.1. The summed E-state index contributed by atoms with van der Waals surface area (Å²) in [5.74, 6) is 0.815.